The van der Waals surface area contributed by atoms with Crippen molar-refractivity contribution < 1.29 is 28.2 Å². The highest BCUT2D eigenvalue weighted by atomic mass is 35.5. The minimum Gasteiger partial charge on any atom is -0.465 e. The van der Waals surface area contributed by atoms with Crippen LogP contribution >= 0.6 is 11.6 Å². The van der Waals surface area contributed by atoms with Crippen molar-refractivity contribution in [3.63, 3.8) is 0 Å². The minimum absolute atomic E-state index is 0.122. The highest BCUT2D eigenvalue weighted by Gasteiger charge is 2.37. The van der Waals surface area contributed by atoms with E-state index in [1.807, 2.05) is 70.2 Å². The first-order chi connectivity index (χ1) is 22.8. The number of fused-ring (bicyclic) bond motifs is 1. The van der Waals surface area contributed by atoms with Gasteiger partial charge in [0.25, 0.3) is 0 Å². The predicted octanol–water partition coefficient (Wildman–Crippen LogP) is 9.05. The second-order valence-electron chi connectivity index (χ2n) is 13.1. The first-order valence-electron chi connectivity index (χ1n) is 16.0. The Bertz CT molecular complexity index is 1800. The third kappa shape index (κ3) is 8.08. The standard InChI is InChI=1S/C38H41ClFN3O5/c1-24(30-15-9-11-25-10-6-7-14-31(25)30)43(37(46)48-38(2,3)4)22-28-18-19-42(23-32(28)26-12-8-13-29(40)20-26)36(45)41-34-17-16-27(21-33(34)39)35(44)47-5/h6-17,20-21,24,28,32H,18-19,22-23H2,1-5H3,(H,41,45)/t24-,28?,32?/m1/s1. The zero-order chi connectivity index (χ0) is 34.6. The van der Waals surface area contributed by atoms with Crippen LogP contribution in [0.3, 0.4) is 0 Å². The van der Waals surface area contributed by atoms with E-state index in [9.17, 15) is 18.8 Å². The molecule has 1 saturated heterocycles. The molecule has 5 rings (SSSR count). The molecule has 1 aliphatic rings. The van der Waals surface area contributed by atoms with Crippen LogP contribution in [0, 0.1) is 11.7 Å². The number of nitrogens with zero attached hydrogens (tertiary/aromatic N) is 2. The van der Waals surface area contributed by atoms with Gasteiger partial charge in [-0.15, -0.1) is 0 Å². The lowest BCUT2D eigenvalue weighted by atomic mass is 9.80. The van der Waals surface area contributed by atoms with Crippen LogP contribution in [0.15, 0.2) is 84.9 Å². The average Bonchev–Trinajstić information content (AvgIpc) is 3.06. The van der Waals surface area contributed by atoms with Crippen LogP contribution < -0.4 is 5.32 Å². The van der Waals surface area contributed by atoms with Crippen LogP contribution in [0.25, 0.3) is 10.8 Å². The maximum absolute atomic E-state index is 14.6. The lowest BCUT2D eigenvalue weighted by Gasteiger charge is -2.42. The Morgan fingerprint density at radius 2 is 1.75 bits per heavy atom. The van der Waals surface area contributed by atoms with Gasteiger partial charge in [-0.1, -0.05) is 66.2 Å². The fourth-order valence-corrected chi connectivity index (χ4v) is 6.55. The monoisotopic (exact) mass is 673 g/mol. The maximum Gasteiger partial charge on any atom is 0.410 e. The quantitative estimate of drug-likeness (QED) is 0.198. The molecule has 4 aromatic rings. The summed E-state index contributed by atoms with van der Waals surface area (Å²) in [5, 5.41) is 5.16. The molecule has 0 bridgehead atoms. The number of urea groups is 1. The lowest BCUT2D eigenvalue weighted by Crippen LogP contribution is -2.49. The number of halogens is 2. The van der Waals surface area contributed by atoms with Crippen molar-refractivity contribution in [2.75, 3.05) is 32.1 Å². The third-order valence-corrected chi connectivity index (χ3v) is 9.06. The molecule has 4 aromatic carbocycles. The van der Waals surface area contributed by atoms with E-state index < -0.39 is 17.7 Å². The van der Waals surface area contributed by atoms with Crippen molar-refractivity contribution in [3.8, 4) is 0 Å². The van der Waals surface area contributed by atoms with Crippen molar-refractivity contribution in [1.82, 2.24) is 9.80 Å². The minimum atomic E-state index is -0.715. The van der Waals surface area contributed by atoms with Gasteiger partial charge in [-0.3, -0.25) is 0 Å². The Balaban J connectivity index is 1.43. The van der Waals surface area contributed by atoms with Gasteiger partial charge in [0.15, 0.2) is 0 Å². The molecule has 252 valence electrons. The number of nitrogens with one attached hydrogen (secondary N) is 1. The zero-order valence-corrected chi connectivity index (χ0v) is 28.6. The molecule has 8 nitrogen and oxygen atoms in total. The summed E-state index contributed by atoms with van der Waals surface area (Å²) < 4.78 is 25.3. The average molecular weight is 674 g/mol. The molecule has 3 atom stereocenters. The van der Waals surface area contributed by atoms with Crippen LogP contribution in [0.1, 0.15) is 67.6 Å². The van der Waals surface area contributed by atoms with Gasteiger partial charge in [-0.2, -0.15) is 0 Å². The predicted molar refractivity (Wildman–Crippen MR) is 186 cm³/mol. The molecule has 0 aromatic heterocycles. The molecule has 0 saturated carbocycles. The second kappa shape index (κ2) is 14.6. The van der Waals surface area contributed by atoms with Crippen molar-refractivity contribution in [2.24, 2.45) is 5.92 Å². The third-order valence-electron chi connectivity index (χ3n) is 8.75. The Morgan fingerprint density at radius 1 is 1.02 bits per heavy atom. The summed E-state index contributed by atoms with van der Waals surface area (Å²) in [6.07, 6.45) is 0.108. The lowest BCUT2D eigenvalue weighted by molar-refractivity contribution is 0.0101. The summed E-state index contributed by atoms with van der Waals surface area (Å²) >= 11 is 6.40. The number of amides is 3. The fourth-order valence-electron chi connectivity index (χ4n) is 6.32. The number of ether oxygens (including phenoxy) is 2. The number of hydrogen-bond acceptors (Lipinski definition) is 5. The topological polar surface area (TPSA) is 88.2 Å². The van der Waals surface area contributed by atoms with Crippen molar-refractivity contribution in [2.45, 2.75) is 51.7 Å². The van der Waals surface area contributed by atoms with Gasteiger partial charge in [-0.05, 0) is 92.3 Å². The summed E-state index contributed by atoms with van der Waals surface area (Å²) in [6.45, 7) is 8.53. The van der Waals surface area contributed by atoms with E-state index in [-0.39, 0.29) is 46.9 Å². The van der Waals surface area contributed by atoms with Crippen LogP contribution in [0.4, 0.5) is 19.7 Å². The van der Waals surface area contributed by atoms with Gasteiger partial charge < -0.3 is 24.6 Å². The summed E-state index contributed by atoms with van der Waals surface area (Å²) in [5.41, 5.74) is 1.62. The molecule has 0 radical (unpaired) electrons. The molecular weight excluding hydrogens is 633 g/mol. The largest absolute Gasteiger partial charge is 0.465 e. The SMILES string of the molecule is COC(=O)c1ccc(NC(=O)N2CCC(CN(C(=O)OC(C)(C)C)[C@H](C)c3cccc4ccccc34)C(c3cccc(F)c3)C2)c(Cl)c1. The number of piperidine rings is 1. The van der Waals surface area contributed by atoms with Gasteiger partial charge in [0.2, 0.25) is 0 Å². The number of carbonyl (C=O) groups is 3. The maximum atomic E-state index is 14.6. The van der Waals surface area contributed by atoms with E-state index in [2.05, 4.69) is 11.4 Å². The number of methoxy groups -OCH3 is 1. The molecule has 10 heteroatoms. The highest BCUT2D eigenvalue weighted by molar-refractivity contribution is 6.34. The molecule has 48 heavy (non-hydrogen) atoms. The highest BCUT2D eigenvalue weighted by Crippen LogP contribution is 2.37. The smallest absolute Gasteiger partial charge is 0.410 e. The van der Waals surface area contributed by atoms with Crippen LogP contribution in [-0.4, -0.2) is 60.2 Å². The fraction of sp³-hybridized carbons (Fsp3) is 0.342. The Kier molecular flexibility index (Phi) is 10.6. The number of esters is 1. The number of rotatable bonds is 7. The summed E-state index contributed by atoms with van der Waals surface area (Å²) in [4.78, 5) is 42.8. The van der Waals surface area contributed by atoms with Crippen molar-refractivity contribution >= 4 is 46.2 Å². The van der Waals surface area contributed by atoms with Gasteiger partial charge in [0.05, 0.1) is 29.4 Å². The first kappa shape index (κ1) is 34.7. The van der Waals surface area contributed by atoms with E-state index in [4.69, 9.17) is 21.1 Å². The van der Waals surface area contributed by atoms with Crippen LogP contribution in [0.5, 0.6) is 0 Å². The normalized spacial score (nSPS) is 17.0. The van der Waals surface area contributed by atoms with Gasteiger partial charge in [-0.25, -0.2) is 18.8 Å². The first-order valence-corrected chi connectivity index (χ1v) is 16.4. The molecular formula is C38H41ClFN3O5. The van der Waals surface area contributed by atoms with E-state index in [1.54, 1.807) is 21.9 Å². The summed E-state index contributed by atoms with van der Waals surface area (Å²) in [5.74, 6) is -1.32. The van der Waals surface area contributed by atoms with E-state index >= 15 is 0 Å². The molecule has 1 heterocycles. The Labute approximate surface area is 285 Å². The number of carbonyl (C=O) groups excluding carboxylic acids is 3. The van der Waals surface area contributed by atoms with Gasteiger partial charge in [0, 0.05) is 25.6 Å². The number of hydrogen-bond donors (Lipinski definition) is 1. The molecule has 3 amide bonds. The van der Waals surface area contributed by atoms with Gasteiger partial charge in [0.1, 0.15) is 11.4 Å². The molecule has 1 fully saturated rings. The van der Waals surface area contributed by atoms with E-state index in [0.717, 1.165) is 21.9 Å². The van der Waals surface area contributed by atoms with Crippen LogP contribution in [-0.2, 0) is 9.47 Å². The molecule has 1 N–H and O–H groups in total. The van der Waals surface area contributed by atoms with E-state index in [1.165, 1.54) is 31.4 Å². The summed E-state index contributed by atoms with van der Waals surface area (Å²) in [6, 6.07) is 24.3. The zero-order valence-electron chi connectivity index (χ0n) is 27.8. The van der Waals surface area contributed by atoms with E-state index in [0.29, 0.717) is 25.2 Å². The molecule has 2 unspecified atom stereocenters. The molecule has 0 aliphatic carbocycles. The Morgan fingerprint density at radius 3 is 2.46 bits per heavy atom. The second-order valence-corrected chi connectivity index (χ2v) is 13.6. The summed E-state index contributed by atoms with van der Waals surface area (Å²) in [7, 11) is 1.28. The number of anilines is 1. The Hall–Kier alpha value is -4.63. The van der Waals surface area contributed by atoms with Crippen LogP contribution in [0.2, 0.25) is 5.02 Å². The number of benzene rings is 4. The van der Waals surface area contributed by atoms with Crippen molar-refractivity contribution in [3.05, 3.63) is 112 Å². The van der Waals surface area contributed by atoms with Crippen molar-refractivity contribution in [1.29, 1.82) is 0 Å². The van der Waals surface area contributed by atoms with Gasteiger partial charge >= 0.3 is 18.1 Å². The molecule has 1 aliphatic heterocycles. The molecule has 0 spiro atoms. The number of likely N-dealkylation sites (tertiary alicyclic amines) is 1.